The van der Waals surface area contributed by atoms with Gasteiger partial charge in [0.1, 0.15) is 12.1 Å². The summed E-state index contributed by atoms with van der Waals surface area (Å²) in [7, 11) is 0. The number of anilines is 2. The van der Waals surface area contributed by atoms with E-state index >= 15 is 0 Å². The highest BCUT2D eigenvalue weighted by atomic mass is 79.9. The predicted octanol–water partition coefficient (Wildman–Crippen LogP) is 3.45. The molecule has 2 aliphatic rings. The minimum atomic E-state index is 0.308. The van der Waals surface area contributed by atoms with Crippen LogP contribution in [-0.2, 0) is 0 Å². The summed E-state index contributed by atoms with van der Waals surface area (Å²) < 4.78 is 11.9. The Kier molecular flexibility index (Phi) is 3.81. The first-order chi connectivity index (χ1) is 12.8. The van der Waals surface area contributed by atoms with Gasteiger partial charge in [0.15, 0.2) is 11.5 Å². The molecule has 1 saturated heterocycles. The van der Waals surface area contributed by atoms with Gasteiger partial charge in [0, 0.05) is 47.8 Å². The highest BCUT2D eigenvalue weighted by molar-refractivity contribution is 9.10. The van der Waals surface area contributed by atoms with Crippen LogP contribution in [0.15, 0.2) is 47.2 Å². The Hall–Kier alpha value is -2.54. The van der Waals surface area contributed by atoms with Gasteiger partial charge in [0.25, 0.3) is 0 Å². The van der Waals surface area contributed by atoms with Crippen molar-refractivity contribution < 1.29 is 9.47 Å². The lowest BCUT2D eigenvalue weighted by molar-refractivity contribution is 0.174. The van der Waals surface area contributed by atoms with Gasteiger partial charge in [-0.2, -0.15) is 0 Å². The molecule has 0 unspecified atom stereocenters. The number of rotatable bonds is 2. The van der Waals surface area contributed by atoms with E-state index in [-0.39, 0.29) is 0 Å². The van der Waals surface area contributed by atoms with E-state index in [4.69, 9.17) is 9.47 Å². The van der Waals surface area contributed by atoms with Gasteiger partial charge in [-0.25, -0.2) is 9.97 Å². The Bertz CT molecular complexity index is 973. The van der Waals surface area contributed by atoms with Gasteiger partial charge < -0.3 is 19.3 Å². The molecule has 3 heterocycles. The summed E-state index contributed by atoms with van der Waals surface area (Å²) in [5, 5.41) is 1.08. The monoisotopic (exact) mass is 412 g/mol. The quantitative estimate of drug-likeness (QED) is 0.642. The molecule has 6 nitrogen and oxygen atoms in total. The number of nitrogens with zero attached hydrogens (tertiary/aromatic N) is 4. The standard InChI is InChI=1S/C19H17BrN4O2/c20-13-1-3-16-15(9-13)19(22-11-21-16)24-7-5-23(6-8-24)14-2-4-17-18(10-14)26-12-25-17/h1-4,9-11H,5-8,12H2. The SMILES string of the molecule is Brc1ccc2ncnc(N3CCN(c4ccc5c(c4)OCO5)CC3)c2c1. The van der Waals surface area contributed by atoms with E-state index < -0.39 is 0 Å². The van der Waals surface area contributed by atoms with Crippen LogP contribution in [-0.4, -0.2) is 42.9 Å². The molecule has 26 heavy (non-hydrogen) atoms. The number of halogens is 1. The number of aromatic nitrogens is 2. The first-order valence-electron chi connectivity index (χ1n) is 8.58. The first kappa shape index (κ1) is 15.7. The predicted molar refractivity (Wildman–Crippen MR) is 104 cm³/mol. The van der Waals surface area contributed by atoms with E-state index in [0.717, 1.165) is 58.9 Å². The molecule has 132 valence electrons. The lowest BCUT2D eigenvalue weighted by Gasteiger charge is -2.37. The van der Waals surface area contributed by atoms with Crippen LogP contribution in [0.4, 0.5) is 11.5 Å². The van der Waals surface area contributed by atoms with Crippen molar-refractivity contribution in [1.29, 1.82) is 0 Å². The Labute approximate surface area is 159 Å². The van der Waals surface area contributed by atoms with Gasteiger partial charge in [-0.3, -0.25) is 0 Å². The van der Waals surface area contributed by atoms with Gasteiger partial charge in [-0.1, -0.05) is 15.9 Å². The van der Waals surface area contributed by atoms with Crippen LogP contribution in [0.2, 0.25) is 0 Å². The summed E-state index contributed by atoms with van der Waals surface area (Å²) in [5.41, 5.74) is 2.14. The molecule has 0 atom stereocenters. The summed E-state index contributed by atoms with van der Waals surface area (Å²) in [6.45, 7) is 3.99. The average molecular weight is 413 g/mol. The lowest BCUT2D eigenvalue weighted by Crippen LogP contribution is -2.46. The van der Waals surface area contributed by atoms with Crippen LogP contribution in [0.25, 0.3) is 10.9 Å². The molecular weight excluding hydrogens is 396 g/mol. The van der Waals surface area contributed by atoms with Crippen molar-refractivity contribution in [3.63, 3.8) is 0 Å². The zero-order valence-electron chi connectivity index (χ0n) is 14.1. The van der Waals surface area contributed by atoms with Crippen LogP contribution in [0.5, 0.6) is 11.5 Å². The molecule has 2 aromatic carbocycles. The molecular formula is C19H17BrN4O2. The van der Waals surface area contributed by atoms with E-state index in [1.807, 2.05) is 18.2 Å². The maximum absolute atomic E-state index is 5.50. The fourth-order valence-electron chi connectivity index (χ4n) is 3.53. The van der Waals surface area contributed by atoms with Crippen LogP contribution in [0, 0.1) is 0 Å². The number of ether oxygens (including phenoxy) is 2. The lowest BCUT2D eigenvalue weighted by atomic mass is 10.2. The van der Waals surface area contributed by atoms with Crippen molar-refractivity contribution in [3.8, 4) is 11.5 Å². The highest BCUT2D eigenvalue weighted by Gasteiger charge is 2.22. The number of piperazine rings is 1. The van der Waals surface area contributed by atoms with Crippen molar-refractivity contribution >= 4 is 38.3 Å². The van der Waals surface area contributed by atoms with Crippen LogP contribution < -0.4 is 19.3 Å². The Balaban J connectivity index is 1.37. The number of benzene rings is 2. The fourth-order valence-corrected chi connectivity index (χ4v) is 3.89. The molecule has 0 aliphatic carbocycles. The molecule has 7 heteroatoms. The maximum atomic E-state index is 5.50. The summed E-state index contributed by atoms with van der Waals surface area (Å²) >= 11 is 3.55. The van der Waals surface area contributed by atoms with E-state index in [1.54, 1.807) is 6.33 Å². The van der Waals surface area contributed by atoms with Crippen molar-refractivity contribution in [2.45, 2.75) is 0 Å². The zero-order valence-corrected chi connectivity index (χ0v) is 15.6. The molecule has 0 bridgehead atoms. The van der Waals surface area contributed by atoms with Crippen LogP contribution in [0.1, 0.15) is 0 Å². The first-order valence-corrected chi connectivity index (χ1v) is 9.37. The topological polar surface area (TPSA) is 50.7 Å². The third-order valence-corrected chi connectivity index (χ3v) is 5.37. The molecule has 0 spiro atoms. The molecule has 0 radical (unpaired) electrons. The molecule has 2 aliphatic heterocycles. The number of hydrogen-bond acceptors (Lipinski definition) is 6. The van der Waals surface area contributed by atoms with Crippen LogP contribution >= 0.6 is 15.9 Å². The molecule has 5 rings (SSSR count). The summed E-state index contributed by atoms with van der Waals surface area (Å²) in [6.07, 6.45) is 1.65. The molecule has 1 aromatic heterocycles. The molecule has 3 aromatic rings. The molecule has 0 N–H and O–H groups in total. The molecule has 0 saturated carbocycles. The number of fused-ring (bicyclic) bond motifs is 2. The molecule has 1 fully saturated rings. The van der Waals surface area contributed by atoms with Crippen molar-refractivity contribution in [2.75, 3.05) is 42.8 Å². The Morgan fingerprint density at radius 1 is 0.846 bits per heavy atom. The van der Waals surface area contributed by atoms with Gasteiger partial charge in [-0.05, 0) is 30.3 Å². The second-order valence-electron chi connectivity index (χ2n) is 6.37. The fraction of sp³-hybridized carbons (Fsp3) is 0.263. The summed E-state index contributed by atoms with van der Waals surface area (Å²) in [4.78, 5) is 13.6. The smallest absolute Gasteiger partial charge is 0.231 e. The molecule has 0 amide bonds. The van der Waals surface area contributed by atoms with E-state index in [9.17, 15) is 0 Å². The average Bonchev–Trinajstić information content (AvgIpc) is 3.15. The maximum Gasteiger partial charge on any atom is 0.231 e. The summed E-state index contributed by atoms with van der Waals surface area (Å²) in [5.74, 6) is 2.66. The highest BCUT2D eigenvalue weighted by Crippen LogP contribution is 2.36. The zero-order chi connectivity index (χ0) is 17.5. The van der Waals surface area contributed by atoms with Gasteiger partial charge in [-0.15, -0.1) is 0 Å². The summed E-state index contributed by atoms with van der Waals surface area (Å²) in [6, 6.07) is 12.3. The second kappa shape index (κ2) is 6.32. The largest absolute Gasteiger partial charge is 0.454 e. The third-order valence-electron chi connectivity index (χ3n) is 4.88. The van der Waals surface area contributed by atoms with Crippen molar-refractivity contribution in [3.05, 3.63) is 47.2 Å². The van der Waals surface area contributed by atoms with Gasteiger partial charge >= 0.3 is 0 Å². The minimum absolute atomic E-state index is 0.308. The van der Waals surface area contributed by atoms with Crippen LogP contribution in [0.3, 0.4) is 0 Å². The van der Waals surface area contributed by atoms with E-state index in [0.29, 0.717) is 6.79 Å². The van der Waals surface area contributed by atoms with Gasteiger partial charge in [0.2, 0.25) is 6.79 Å². The van der Waals surface area contributed by atoms with Gasteiger partial charge in [0.05, 0.1) is 5.52 Å². The second-order valence-corrected chi connectivity index (χ2v) is 7.29. The number of hydrogen-bond donors (Lipinski definition) is 0. The van der Waals surface area contributed by atoms with E-state index in [1.165, 1.54) is 5.69 Å². The van der Waals surface area contributed by atoms with E-state index in [2.05, 4.69) is 53.9 Å². The van der Waals surface area contributed by atoms with Crippen molar-refractivity contribution in [1.82, 2.24) is 9.97 Å². The minimum Gasteiger partial charge on any atom is -0.454 e. The normalized spacial score (nSPS) is 16.3. The third kappa shape index (κ3) is 2.72. The Morgan fingerprint density at radius 3 is 2.54 bits per heavy atom. The Morgan fingerprint density at radius 2 is 1.65 bits per heavy atom. The van der Waals surface area contributed by atoms with Crippen molar-refractivity contribution in [2.24, 2.45) is 0 Å².